The molecule has 35 heavy (non-hydrogen) atoms. The fourth-order valence-corrected chi connectivity index (χ4v) is 4.69. The van der Waals surface area contributed by atoms with Crippen LogP contribution in [0.5, 0.6) is 5.88 Å². The number of anilines is 4. The maximum absolute atomic E-state index is 15.3. The van der Waals surface area contributed by atoms with Gasteiger partial charge in [0, 0.05) is 41.1 Å². The second kappa shape index (κ2) is 8.64. The molecule has 5 rings (SSSR count). The number of sulfonamides is 1. The molecular weight excluding hydrogens is 473 g/mol. The van der Waals surface area contributed by atoms with Crippen LogP contribution in [0, 0.1) is 12.7 Å². The van der Waals surface area contributed by atoms with E-state index in [2.05, 4.69) is 30.3 Å². The van der Waals surface area contributed by atoms with Gasteiger partial charge in [0.1, 0.15) is 12.3 Å². The Bertz CT molecular complexity index is 1580. The molecule has 1 aliphatic rings. The van der Waals surface area contributed by atoms with Crippen LogP contribution in [-0.4, -0.2) is 43.6 Å². The summed E-state index contributed by atoms with van der Waals surface area (Å²) in [7, 11) is -2.27. The Morgan fingerprint density at radius 3 is 2.80 bits per heavy atom. The molecule has 0 saturated heterocycles. The molecule has 0 atom stereocenters. The Morgan fingerprint density at radius 1 is 1.17 bits per heavy atom. The highest BCUT2D eigenvalue weighted by molar-refractivity contribution is 7.89. The van der Waals surface area contributed by atoms with Crippen molar-refractivity contribution < 1.29 is 17.5 Å². The number of hydrogen-bond donors (Lipinski definition) is 4. The van der Waals surface area contributed by atoms with Gasteiger partial charge in [-0.1, -0.05) is 6.07 Å². The lowest BCUT2D eigenvalue weighted by Crippen LogP contribution is -2.20. The van der Waals surface area contributed by atoms with Gasteiger partial charge in [0.15, 0.2) is 5.82 Å². The molecule has 0 fully saturated rings. The number of benzene rings is 2. The molecule has 2 aromatic carbocycles. The van der Waals surface area contributed by atoms with Crippen molar-refractivity contribution in [2.24, 2.45) is 0 Å². The van der Waals surface area contributed by atoms with Crippen molar-refractivity contribution in [1.29, 1.82) is 0 Å². The monoisotopic (exact) mass is 495 g/mol. The summed E-state index contributed by atoms with van der Waals surface area (Å²) in [5.41, 5.74) is 9.24. The third kappa shape index (κ3) is 4.06. The van der Waals surface area contributed by atoms with E-state index in [4.69, 9.17) is 10.5 Å². The number of hydrogen-bond acceptors (Lipinski definition) is 9. The Hall–Kier alpha value is -4.03. The van der Waals surface area contributed by atoms with Crippen molar-refractivity contribution in [2.45, 2.75) is 11.8 Å². The van der Waals surface area contributed by atoms with Crippen LogP contribution in [0.25, 0.3) is 22.0 Å². The number of aromatic nitrogens is 3. The molecule has 0 saturated carbocycles. The van der Waals surface area contributed by atoms with Crippen molar-refractivity contribution >= 4 is 43.9 Å². The summed E-state index contributed by atoms with van der Waals surface area (Å²) in [5, 5.41) is 6.59. The molecule has 0 radical (unpaired) electrons. The van der Waals surface area contributed by atoms with Gasteiger partial charge in [-0.25, -0.2) is 32.5 Å². The van der Waals surface area contributed by atoms with Crippen LogP contribution < -0.4 is 25.8 Å². The molecule has 2 aromatic heterocycles. The van der Waals surface area contributed by atoms with Gasteiger partial charge in [0.25, 0.3) is 0 Å². The van der Waals surface area contributed by atoms with E-state index in [-0.39, 0.29) is 22.1 Å². The average Bonchev–Trinajstić information content (AvgIpc) is 2.87. The Labute approximate surface area is 200 Å². The summed E-state index contributed by atoms with van der Waals surface area (Å²) in [4.78, 5) is 13.1. The largest absolute Gasteiger partial charge is 0.474 e. The quantitative estimate of drug-likeness (QED) is 0.307. The number of nitrogens with two attached hydrogens (primary N) is 1. The van der Waals surface area contributed by atoms with Crippen LogP contribution in [0.3, 0.4) is 0 Å². The van der Waals surface area contributed by atoms with Crippen molar-refractivity contribution in [2.75, 3.05) is 36.6 Å². The smallest absolute Gasteiger partial charge is 0.240 e. The molecule has 1 aliphatic heterocycles. The molecule has 3 heterocycles. The minimum atomic E-state index is -3.61. The first-order valence-electron chi connectivity index (χ1n) is 10.7. The standard InChI is InChI=1S/C23H22FN7O3S/c1-12-16(10-28-22-21(12)27-6-7-34-22)15-9-18-17(20(25)19(15)24)11-29-23(31-18)30-13-4-3-5-14(8-13)35(32,33)26-2/h3-5,8-11,26-27H,6-7,25H2,1-2H3,(H,29,30,31). The van der Waals surface area contributed by atoms with Gasteiger partial charge in [0.2, 0.25) is 21.9 Å². The zero-order valence-electron chi connectivity index (χ0n) is 18.9. The summed E-state index contributed by atoms with van der Waals surface area (Å²) < 4.78 is 47.4. The Morgan fingerprint density at radius 2 is 2.00 bits per heavy atom. The number of nitrogens with one attached hydrogen (secondary N) is 3. The number of ether oxygens (including phenoxy) is 1. The highest BCUT2D eigenvalue weighted by Gasteiger charge is 2.21. The summed E-state index contributed by atoms with van der Waals surface area (Å²) in [6.07, 6.45) is 2.98. The van der Waals surface area contributed by atoms with Crippen LogP contribution in [0.4, 0.5) is 27.4 Å². The predicted molar refractivity (Wildman–Crippen MR) is 132 cm³/mol. The highest BCUT2D eigenvalue weighted by Crippen LogP contribution is 2.39. The number of rotatable bonds is 5. The van der Waals surface area contributed by atoms with E-state index in [0.29, 0.717) is 46.9 Å². The number of nitrogens with zero attached hydrogens (tertiary/aromatic N) is 3. The van der Waals surface area contributed by atoms with Crippen molar-refractivity contribution in [1.82, 2.24) is 19.7 Å². The minimum absolute atomic E-state index is 0.0764. The number of halogens is 1. The molecule has 0 unspecified atom stereocenters. The highest BCUT2D eigenvalue weighted by atomic mass is 32.2. The van der Waals surface area contributed by atoms with Gasteiger partial charge in [0.05, 0.1) is 16.1 Å². The van der Waals surface area contributed by atoms with Gasteiger partial charge >= 0.3 is 0 Å². The van der Waals surface area contributed by atoms with Crippen molar-refractivity contribution in [3.8, 4) is 17.0 Å². The third-order valence-corrected chi connectivity index (χ3v) is 7.18. The third-order valence-electron chi connectivity index (χ3n) is 5.77. The molecule has 0 amide bonds. The maximum Gasteiger partial charge on any atom is 0.240 e. The van der Waals surface area contributed by atoms with E-state index < -0.39 is 15.8 Å². The van der Waals surface area contributed by atoms with Crippen LogP contribution in [0.1, 0.15) is 5.56 Å². The maximum atomic E-state index is 15.3. The van der Waals surface area contributed by atoms with Gasteiger partial charge in [-0.15, -0.1) is 0 Å². The second-order valence-corrected chi connectivity index (χ2v) is 9.78. The minimum Gasteiger partial charge on any atom is -0.474 e. The van der Waals surface area contributed by atoms with Gasteiger partial charge in [-0.2, -0.15) is 0 Å². The molecular formula is C23H22FN7O3S. The van der Waals surface area contributed by atoms with Gasteiger partial charge in [-0.3, -0.25) is 0 Å². The van der Waals surface area contributed by atoms with E-state index in [1.165, 1.54) is 25.4 Å². The fraction of sp³-hybridized carbons (Fsp3) is 0.174. The first-order valence-corrected chi connectivity index (χ1v) is 12.2. The first-order chi connectivity index (χ1) is 16.8. The van der Waals surface area contributed by atoms with E-state index >= 15 is 4.39 Å². The number of fused-ring (bicyclic) bond motifs is 2. The topological polar surface area (TPSA) is 144 Å². The molecule has 0 aliphatic carbocycles. The molecule has 180 valence electrons. The summed E-state index contributed by atoms with van der Waals surface area (Å²) in [6, 6.07) is 7.81. The molecule has 0 spiro atoms. The summed E-state index contributed by atoms with van der Waals surface area (Å²) >= 11 is 0. The second-order valence-electron chi connectivity index (χ2n) is 7.89. The lowest BCUT2D eigenvalue weighted by molar-refractivity contribution is 0.310. The van der Waals surface area contributed by atoms with Crippen LogP contribution >= 0.6 is 0 Å². The number of pyridine rings is 1. The lowest BCUT2D eigenvalue weighted by Gasteiger charge is -2.22. The lowest BCUT2D eigenvalue weighted by atomic mass is 9.98. The summed E-state index contributed by atoms with van der Waals surface area (Å²) in [5.74, 6) is 0.0835. The van der Waals surface area contributed by atoms with Gasteiger partial charge in [-0.05, 0) is 43.8 Å². The predicted octanol–water partition coefficient (Wildman–Crippen LogP) is 3.18. The van der Waals surface area contributed by atoms with E-state index in [1.807, 2.05) is 6.92 Å². The molecule has 0 bridgehead atoms. The van der Waals surface area contributed by atoms with Gasteiger partial charge < -0.3 is 21.1 Å². The van der Waals surface area contributed by atoms with E-state index in [1.54, 1.807) is 24.4 Å². The van der Waals surface area contributed by atoms with Crippen molar-refractivity contribution in [3.63, 3.8) is 0 Å². The SMILES string of the molecule is CNS(=O)(=O)c1cccc(Nc2ncc3c(N)c(F)c(-c4cnc5c(c4C)NCCO5)cc3n2)c1. The number of nitrogen functional groups attached to an aromatic ring is 1. The fourth-order valence-electron chi connectivity index (χ4n) is 3.91. The molecule has 12 heteroatoms. The van der Waals surface area contributed by atoms with Crippen molar-refractivity contribution in [3.05, 3.63) is 54.1 Å². The van der Waals surface area contributed by atoms with E-state index in [9.17, 15) is 8.42 Å². The first kappa shape index (κ1) is 22.7. The van der Waals surface area contributed by atoms with Crippen LogP contribution in [0.2, 0.25) is 0 Å². The molecule has 10 nitrogen and oxygen atoms in total. The van der Waals surface area contributed by atoms with Crippen LogP contribution in [-0.2, 0) is 10.0 Å². The van der Waals surface area contributed by atoms with E-state index in [0.717, 1.165) is 5.56 Å². The Kier molecular flexibility index (Phi) is 5.61. The average molecular weight is 496 g/mol. The normalized spacial score (nSPS) is 13.1. The Balaban J connectivity index is 1.57. The zero-order chi connectivity index (χ0) is 24.7. The molecule has 5 N–H and O–H groups in total. The van der Waals surface area contributed by atoms with Crippen LogP contribution in [0.15, 0.2) is 47.6 Å². The molecule has 4 aromatic rings. The zero-order valence-corrected chi connectivity index (χ0v) is 19.7. The summed E-state index contributed by atoms with van der Waals surface area (Å²) in [6.45, 7) is 2.99.